The highest BCUT2D eigenvalue weighted by Gasteiger charge is 2.01. The van der Waals surface area contributed by atoms with Crippen molar-refractivity contribution in [3.8, 4) is 11.5 Å². The minimum Gasteiger partial charge on any atom is -0.455 e. The van der Waals surface area contributed by atoms with Crippen LogP contribution in [0, 0.1) is 6.07 Å². The standard InChI is InChI=1S/C12H8N3O/c1-2-4-9(5-3-1)16-10-6-11-12(13-7-10)8-14-15-11/h1-4,6-8H,(H,14,15). The molecular weight excluding hydrogens is 202 g/mol. The van der Waals surface area contributed by atoms with E-state index >= 15 is 0 Å². The highest BCUT2D eigenvalue weighted by molar-refractivity contribution is 5.74. The van der Waals surface area contributed by atoms with E-state index in [1.54, 1.807) is 18.5 Å². The third-order valence-electron chi connectivity index (χ3n) is 2.17. The Labute approximate surface area is 91.9 Å². The number of nitrogens with one attached hydrogen (secondary N) is 1. The SMILES string of the molecule is [c]1ccccc1Oc1cnc2cn[nH]c2c1. The lowest BCUT2D eigenvalue weighted by Gasteiger charge is -2.03. The Balaban J connectivity index is 1.94. The van der Waals surface area contributed by atoms with Gasteiger partial charge in [0.15, 0.2) is 0 Å². The molecule has 3 rings (SSSR count). The molecule has 0 aliphatic heterocycles. The van der Waals surface area contributed by atoms with Gasteiger partial charge in [0, 0.05) is 12.1 Å². The summed E-state index contributed by atoms with van der Waals surface area (Å²) in [6.45, 7) is 0. The molecule has 0 saturated heterocycles. The number of nitrogens with zero attached hydrogens (tertiary/aromatic N) is 2. The van der Waals surface area contributed by atoms with E-state index in [1.807, 2.05) is 24.3 Å². The van der Waals surface area contributed by atoms with Crippen LogP contribution in [-0.2, 0) is 0 Å². The Morgan fingerprint density at radius 1 is 1.25 bits per heavy atom. The van der Waals surface area contributed by atoms with Gasteiger partial charge in [0.25, 0.3) is 0 Å². The largest absolute Gasteiger partial charge is 0.455 e. The first kappa shape index (κ1) is 8.91. The molecule has 77 valence electrons. The Hall–Kier alpha value is -2.36. The number of para-hydroxylation sites is 1. The van der Waals surface area contributed by atoms with Crippen molar-refractivity contribution in [2.75, 3.05) is 0 Å². The Morgan fingerprint density at radius 3 is 3.12 bits per heavy atom. The van der Waals surface area contributed by atoms with Gasteiger partial charge >= 0.3 is 0 Å². The summed E-state index contributed by atoms with van der Waals surface area (Å²) in [6, 6.07) is 12.3. The van der Waals surface area contributed by atoms with Crippen molar-refractivity contribution in [2.45, 2.75) is 0 Å². The maximum Gasteiger partial charge on any atom is 0.147 e. The molecule has 0 amide bonds. The average Bonchev–Trinajstić information content (AvgIpc) is 2.77. The quantitative estimate of drug-likeness (QED) is 0.707. The van der Waals surface area contributed by atoms with E-state index in [2.05, 4.69) is 21.2 Å². The van der Waals surface area contributed by atoms with Crippen LogP contribution in [0.5, 0.6) is 11.5 Å². The molecule has 4 nitrogen and oxygen atoms in total. The summed E-state index contributed by atoms with van der Waals surface area (Å²) < 4.78 is 5.59. The minimum atomic E-state index is 0.666. The van der Waals surface area contributed by atoms with Gasteiger partial charge in [-0.25, -0.2) is 4.98 Å². The van der Waals surface area contributed by atoms with Crippen molar-refractivity contribution in [1.82, 2.24) is 15.2 Å². The lowest BCUT2D eigenvalue weighted by Crippen LogP contribution is -1.85. The lowest BCUT2D eigenvalue weighted by molar-refractivity contribution is 0.480. The van der Waals surface area contributed by atoms with Crippen molar-refractivity contribution in [1.29, 1.82) is 0 Å². The molecule has 0 unspecified atom stereocenters. The van der Waals surface area contributed by atoms with E-state index in [-0.39, 0.29) is 0 Å². The molecule has 0 saturated carbocycles. The van der Waals surface area contributed by atoms with E-state index < -0.39 is 0 Å². The second-order valence-electron chi connectivity index (χ2n) is 3.30. The third kappa shape index (κ3) is 1.61. The van der Waals surface area contributed by atoms with Crippen LogP contribution in [0.4, 0.5) is 0 Å². The highest BCUT2D eigenvalue weighted by Crippen LogP contribution is 2.21. The van der Waals surface area contributed by atoms with Gasteiger partial charge in [-0.15, -0.1) is 0 Å². The second kappa shape index (κ2) is 3.66. The highest BCUT2D eigenvalue weighted by atomic mass is 16.5. The van der Waals surface area contributed by atoms with E-state index in [9.17, 15) is 0 Å². The molecule has 2 heterocycles. The van der Waals surface area contributed by atoms with Gasteiger partial charge in [0.1, 0.15) is 17.0 Å². The molecule has 0 aliphatic carbocycles. The van der Waals surface area contributed by atoms with Crippen LogP contribution in [0.25, 0.3) is 11.0 Å². The van der Waals surface area contributed by atoms with Crippen LogP contribution in [0.2, 0.25) is 0 Å². The number of hydrogen-bond donors (Lipinski definition) is 1. The maximum absolute atomic E-state index is 5.59. The number of aromatic amines is 1. The number of benzene rings is 1. The fourth-order valence-electron chi connectivity index (χ4n) is 1.43. The molecule has 0 aliphatic rings. The first-order valence-corrected chi connectivity index (χ1v) is 4.85. The summed E-state index contributed by atoms with van der Waals surface area (Å²) >= 11 is 0. The number of H-pyrrole nitrogens is 1. The summed E-state index contributed by atoms with van der Waals surface area (Å²) in [5.41, 5.74) is 1.68. The molecule has 0 bridgehead atoms. The summed E-state index contributed by atoms with van der Waals surface area (Å²) in [6.07, 6.45) is 3.34. The number of ether oxygens (including phenoxy) is 1. The van der Waals surface area contributed by atoms with Crippen molar-refractivity contribution >= 4 is 11.0 Å². The van der Waals surface area contributed by atoms with E-state index in [4.69, 9.17) is 4.74 Å². The zero-order chi connectivity index (χ0) is 10.8. The van der Waals surface area contributed by atoms with Gasteiger partial charge in [-0.1, -0.05) is 18.2 Å². The summed E-state index contributed by atoms with van der Waals surface area (Å²) in [7, 11) is 0. The number of fused-ring (bicyclic) bond motifs is 1. The summed E-state index contributed by atoms with van der Waals surface area (Å²) in [5.74, 6) is 1.34. The maximum atomic E-state index is 5.59. The minimum absolute atomic E-state index is 0.666. The van der Waals surface area contributed by atoms with Gasteiger partial charge in [-0.05, 0) is 6.07 Å². The molecule has 4 heteroatoms. The Morgan fingerprint density at radius 2 is 2.25 bits per heavy atom. The monoisotopic (exact) mass is 210 g/mol. The molecule has 1 aromatic carbocycles. The van der Waals surface area contributed by atoms with Gasteiger partial charge in [-0.2, -0.15) is 5.10 Å². The lowest BCUT2D eigenvalue weighted by atomic mass is 10.3. The predicted octanol–water partition coefficient (Wildman–Crippen LogP) is 2.55. The number of hydrogen-bond acceptors (Lipinski definition) is 3. The zero-order valence-electron chi connectivity index (χ0n) is 8.34. The number of rotatable bonds is 2. The zero-order valence-corrected chi connectivity index (χ0v) is 8.34. The smallest absolute Gasteiger partial charge is 0.147 e. The average molecular weight is 210 g/mol. The predicted molar refractivity (Wildman–Crippen MR) is 59.2 cm³/mol. The van der Waals surface area contributed by atoms with Crippen LogP contribution in [0.15, 0.2) is 42.7 Å². The molecule has 0 fully saturated rings. The van der Waals surface area contributed by atoms with Crippen molar-refractivity contribution in [3.05, 3.63) is 48.8 Å². The molecule has 1 N–H and O–H groups in total. The van der Waals surface area contributed by atoms with Gasteiger partial charge in [-0.3, -0.25) is 5.10 Å². The first-order chi connectivity index (χ1) is 7.92. The third-order valence-corrected chi connectivity index (χ3v) is 2.17. The molecule has 3 aromatic rings. The van der Waals surface area contributed by atoms with Crippen molar-refractivity contribution in [2.24, 2.45) is 0 Å². The van der Waals surface area contributed by atoms with Crippen LogP contribution in [0.3, 0.4) is 0 Å². The summed E-state index contributed by atoms with van der Waals surface area (Å²) in [4.78, 5) is 4.20. The second-order valence-corrected chi connectivity index (χ2v) is 3.30. The molecule has 1 radical (unpaired) electrons. The number of aromatic nitrogens is 3. The molecule has 0 atom stereocenters. The normalized spacial score (nSPS) is 10.5. The Kier molecular flexibility index (Phi) is 2.04. The van der Waals surface area contributed by atoms with E-state index in [0.717, 1.165) is 11.0 Å². The van der Waals surface area contributed by atoms with Crippen LogP contribution < -0.4 is 4.74 Å². The summed E-state index contributed by atoms with van der Waals surface area (Å²) in [5, 5.41) is 6.74. The fourth-order valence-corrected chi connectivity index (χ4v) is 1.43. The fraction of sp³-hybridized carbons (Fsp3) is 0. The topological polar surface area (TPSA) is 50.8 Å². The van der Waals surface area contributed by atoms with E-state index in [1.165, 1.54) is 0 Å². The molecule has 0 spiro atoms. The number of pyridine rings is 1. The van der Waals surface area contributed by atoms with E-state index in [0.29, 0.717) is 11.5 Å². The van der Waals surface area contributed by atoms with Crippen LogP contribution >= 0.6 is 0 Å². The molecular formula is C12H8N3O. The van der Waals surface area contributed by atoms with Crippen LogP contribution in [-0.4, -0.2) is 15.2 Å². The van der Waals surface area contributed by atoms with Gasteiger partial charge in [0.2, 0.25) is 0 Å². The Bertz CT molecular complexity index is 604. The van der Waals surface area contributed by atoms with Gasteiger partial charge in [0.05, 0.1) is 17.9 Å². The van der Waals surface area contributed by atoms with Crippen molar-refractivity contribution < 1.29 is 4.74 Å². The first-order valence-electron chi connectivity index (χ1n) is 4.85. The van der Waals surface area contributed by atoms with Crippen LogP contribution in [0.1, 0.15) is 0 Å². The van der Waals surface area contributed by atoms with Crippen molar-refractivity contribution in [3.63, 3.8) is 0 Å². The molecule has 2 aromatic heterocycles. The molecule has 16 heavy (non-hydrogen) atoms. The van der Waals surface area contributed by atoms with Gasteiger partial charge < -0.3 is 4.74 Å².